The SMILES string of the molecule is Cc1nnc(NC(=O)CCCCCn2cnc3ccccc3c2=O)s1. The van der Waals surface area contributed by atoms with Gasteiger partial charge in [0, 0.05) is 13.0 Å². The average molecular weight is 357 g/mol. The Hall–Kier alpha value is -2.61. The number of benzene rings is 1. The van der Waals surface area contributed by atoms with Crippen LogP contribution in [0.15, 0.2) is 35.4 Å². The molecule has 0 atom stereocenters. The van der Waals surface area contributed by atoms with Gasteiger partial charge in [0.15, 0.2) is 0 Å². The van der Waals surface area contributed by atoms with Crippen molar-refractivity contribution in [3.8, 4) is 0 Å². The number of para-hydroxylation sites is 1. The van der Waals surface area contributed by atoms with E-state index in [4.69, 9.17) is 0 Å². The van der Waals surface area contributed by atoms with Gasteiger partial charge in [0.25, 0.3) is 5.56 Å². The molecule has 2 aromatic heterocycles. The Morgan fingerprint density at radius 1 is 1.20 bits per heavy atom. The molecule has 7 nitrogen and oxygen atoms in total. The number of amides is 1. The van der Waals surface area contributed by atoms with E-state index < -0.39 is 0 Å². The highest BCUT2D eigenvalue weighted by Gasteiger charge is 2.07. The van der Waals surface area contributed by atoms with Crippen LogP contribution in [0.2, 0.25) is 0 Å². The monoisotopic (exact) mass is 357 g/mol. The Morgan fingerprint density at radius 2 is 2.04 bits per heavy atom. The maximum atomic E-state index is 12.4. The summed E-state index contributed by atoms with van der Waals surface area (Å²) in [7, 11) is 0. The minimum atomic E-state index is -0.0549. The fraction of sp³-hybridized carbons (Fsp3) is 0.353. The summed E-state index contributed by atoms with van der Waals surface area (Å²) in [6.45, 7) is 2.45. The van der Waals surface area contributed by atoms with Crippen LogP contribution >= 0.6 is 11.3 Å². The number of fused-ring (bicyclic) bond motifs is 1. The van der Waals surface area contributed by atoms with E-state index in [1.165, 1.54) is 11.3 Å². The lowest BCUT2D eigenvalue weighted by molar-refractivity contribution is -0.116. The minimum Gasteiger partial charge on any atom is -0.301 e. The molecule has 0 saturated heterocycles. The van der Waals surface area contributed by atoms with Gasteiger partial charge in [-0.25, -0.2) is 4.98 Å². The first-order valence-electron chi connectivity index (χ1n) is 8.17. The molecule has 2 heterocycles. The largest absolute Gasteiger partial charge is 0.301 e. The lowest BCUT2D eigenvalue weighted by atomic mass is 10.2. The summed E-state index contributed by atoms with van der Waals surface area (Å²) in [5.41, 5.74) is 0.697. The van der Waals surface area contributed by atoms with E-state index >= 15 is 0 Å². The predicted octanol–water partition coefficient (Wildman–Crippen LogP) is 2.76. The van der Waals surface area contributed by atoms with Gasteiger partial charge in [0.2, 0.25) is 11.0 Å². The molecule has 0 saturated carbocycles. The molecule has 130 valence electrons. The van der Waals surface area contributed by atoms with E-state index in [-0.39, 0.29) is 11.5 Å². The first-order chi connectivity index (χ1) is 12.1. The number of hydrogen-bond donors (Lipinski definition) is 1. The molecule has 3 aromatic rings. The van der Waals surface area contributed by atoms with Gasteiger partial charge in [-0.3, -0.25) is 14.2 Å². The summed E-state index contributed by atoms with van der Waals surface area (Å²) in [5, 5.41) is 12.5. The standard InChI is InChI=1S/C17H19N5O2S/c1-12-20-21-17(25-12)19-15(23)9-3-2-6-10-22-11-18-14-8-5-4-7-13(14)16(22)24/h4-5,7-8,11H,2-3,6,9-10H2,1H3,(H,19,21,23). The molecule has 0 bridgehead atoms. The van der Waals surface area contributed by atoms with Crippen LogP contribution in [0.4, 0.5) is 5.13 Å². The normalized spacial score (nSPS) is 10.9. The molecule has 0 fully saturated rings. The maximum Gasteiger partial charge on any atom is 0.261 e. The zero-order valence-electron chi connectivity index (χ0n) is 13.9. The Balaban J connectivity index is 1.43. The van der Waals surface area contributed by atoms with Crippen LogP contribution in [0.1, 0.15) is 30.7 Å². The number of nitrogens with one attached hydrogen (secondary N) is 1. The summed E-state index contributed by atoms with van der Waals surface area (Å²) in [5.74, 6) is -0.0549. The second kappa shape index (κ2) is 7.98. The average Bonchev–Trinajstić information content (AvgIpc) is 3.01. The first-order valence-corrected chi connectivity index (χ1v) is 8.99. The lowest BCUT2D eigenvalue weighted by Gasteiger charge is -2.06. The van der Waals surface area contributed by atoms with Crippen molar-refractivity contribution in [2.45, 2.75) is 39.2 Å². The van der Waals surface area contributed by atoms with Gasteiger partial charge in [-0.15, -0.1) is 10.2 Å². The van der Waals surface area contributed by atoms with Crippen LogP contribution in [-0.4, -0.2) is 25.7 Å². The van der Waals surface area contributed by atoms with Crippen LogP contribution in [0.5, 0.6) is 0 Å². The van der Waals surface area contributed by atoms with Crippen molar-refractivity contribution in [2.75, 3.05) is 5.32 Å². The summed E-state index contributed by atoms with van der Waals surface area (Å²) in [6, 6.07) is 7.33. The molecular weight excluding hydrogens is 338 g/mol. The highest BCUT2D eigenvalue weighted by atomic mass is 32.1. The third-order valence-corrected chi connectivity index (χ3v) is 4.56. The Morgan fingerprint density at radius 3 is 2.84 bits per heavy atom. The summed E-state index contributed by atoms with van der Waals surface area (Å²) in [6.07, 6.45) is 4.48. The highest BCUT2D eigenvalue weighted by Crippen LogP contribution is 2.14. The van der Waals surface area contributed by atoms with Crippen molar-refractivity contribution < 1.29 is 4.79 Å². The Bertz CT molecular complexity index is 934. The third kappa shape index (κ3) is 4.48. The van der Waals surface area contributed by atoms with Gasteiger partial charge in [-0.1, -0.05) is 29.9 Å². The molecule has 25 heavy (non-hydrogen) atoms. The van der Waals surface area contributed by atoms with Crippen LogP contribution < -0.4 is 10.9 Å². The molecule has 3 rings (SSSR count). The van der Waals surface area contributed by atoms with Gasteiger partial charge in [0.1, 0.15) is 5.01 Å². The van der Waals surface area contributed by atoms with Gasteiger partial charge in [0.05, 0.1) is 17.2 Å². The van der Waals surface area contributed by atoms with Crippen molar-refractivity contribution >= 4 is 33.3 Å². The zero-order valence-corrected chi connectivity index (χ0v) is 14.8. The Labute approximate surface area is 148 Å². The molecule has 0 aliphatic rings. The van der Waals surface area contributed by atoms with E-state index in [0.29, 0.717) is 29.0 Å². The summed E-state index contributed by atoms with van der Waals surface area (Å²) in [4.78, 5) is 28.5. The molecule has 0 aliphatic heterocycles. The van der Waals surface area contributed by atoms with E-state index in [2.05, 4.69) is 20.5 Å². The highest BCUT2D eigenvalue weighted by molar-refractivity contribution is 7.15. The smallest absolute Gasteiger partial charge is 0.261 e. The number of anilines is 1. The fourth-order valence-corrected chi connectivity index (χ4v) is 3.15. The molecule has 1 amide bonds. The molecule has 0 aliphatic carbocycles. The van der Waals surface area contributed by atoms with Gasteiger partial charge in [-0.05, 0) is 31.9 Å². The second-order valence-electron chi connectivity index (χ2n) is 5.75. The maximum absolute atomic E-state index is 12.4. The van der Waals surface area contributed by atoms with Gasteiger partial charge < -0.3 is 5.32 Å². The van der Waals surface area contributed by atoms with E-state index in [1.54, 1.807) is 17.0 Å². The molecule has 0 spiro atoms. The number of carbonyl (C=O) groups excluding carboxylic acids is 1. The molecule has 8 heteroatoms. The van der Waals surface area contributed by atoms with Crippen LogP contribution in [0, 0.1) is 6.92 Å². The lowest BCUT2D eigenvalue weighted by Crippen LogP contribution is -2.20. The van der Waals surface area contributed by atoms with Gasteiger partial charge >= 0.3 is 0 Å². The van der Waals surface area contributed by atoms with Crippen molar-refractivity contribution in [3.05, 3.63) is 46.0 Å². The fourth-order valence-electron chi connectivity index (χ4n) is 2.54. The van der Waals surface area contributed by atoms with Gasteiger partial charge in [-0.2, -0.15) is 0 Å². The number of hydrogen-bond acceptors (Lipinski definition) is 6. The van der Waals surface area contributed by atoms with Crippen molar-refractivity contribution in [1.29, 1.82) is 0 Å². The van der Waals surface area contributed by atoms with E-state index in [1.807, 2.05) is 25.1 Å². The predicted molar refractivity (Wildman–Crippen MR) is 97.7 cm³/mol. The van der Waals surface area contributed by atoms with Crippen LogP contribution in [0.3, 0.4) is 0 Å². The number of rotatable bonds is 7. The number of aromatic nitrogens is 4. The number of unbranched alkanes of at least 4 members (excludes halogenated alkanes) is 2. The van der Waals surface area contributed by atoms with Crippen LogP contribution in [0.25, 0.3) is 10.9 Å². The first kappa shape index (κ1) is 17.2. The van der Waals surface area contributed by atoms with E-state index in [9.17, 15) is 9.59 Å². The topological polar surface area (TPSA) is 89.8 Å². The quantitative estimate of drug-likeness (QED) is 0.657. The minimum absolute atomic E-state index is 0.0185. The molecular formula is C17H19N5O2S. The number of carbonyl (C=O) groups is 1. The molecule has 1 aromatic carbocycles. The van der Waals surface area contributed by atoms with Crippen LogP contribution in [-0.2, 0) is 11.3 Å². The Kier molecular flexibility index (Phi) is 5.49. The zero-order chi connectivity index (χ0) is 17.6. The van der Waals surface area contributed by atoms with Crippen molar-refractivity contribution in [3.63, 3.8) is 0 Å². The second-order valence-corrected chi connectivity index (χ2v) is 6.93. The summed E-state index contributed by atoms with van der Waals surface area (Å²) >= 11 is 1.36. The molecule has 0 radical (unpaired) electrons. The number of nitrogens with zero attached hydrogens (tertiary/aromatic N) is 4. The third-order valence-electron chi connectivity index (χ3n) is 3.81. The molecule has 0 unspecified atom stereocenters. The molecule has 1 N–H and O–H groups in total. The summed E-state index contributed by atoms with van der Waals surface area (Å²) < 4.78 is 1.63. The number of aryl methyl sites for hydroxylation is 2. The van der Waals surface area contributed by atoms with Crippen molar-refractivity contribution in [2.24, 2.45) is 0 Å². The van der Waals surface area contributed by atoms with E-state index in [0.717, 1.165) is 24.3 Å². The van der Waals surface area contributed by atoms with Crippen molar-refractivity contribution in [1.82, 2.24) is 19.7 Å².